The summed E-state index contributed by atoms with van der Waals surface area (Å²) in [5.41, 5.74) is 2.68. The molecule has 2 aliphatic heterocycles. The molecule has 1 N–H and O–H groups in total. The highest BCUT2D eigenvalue weighted by Gasteiger charge is 2.36. The molecule has 11 nitrogen and oxygen atoms in total. The molecule has 0 radical (unpaired) electrons. The zero-order chi connectivity index (χ0) is 29.6. The number of amides is 1. The topological polar surface area (TPSA) is 117 Å². The Bertz CT molecular complexity index is 1490. The number of thioether (sulfide) groups is 1. The van der Waals surface area contributed by atoms with Gasteiger partial charge in [-0.3, -0.25) is 4.79 Å². The molecule has 13 heteroatoms. The van der Waals surface area contributed by atoms with Gasteiger partial charge in [-0.1, -0.05) is 47.6 Å². The number of esters is 1. The normalized spacial score (nSPS) is 16.5. The quantitative estimate of drug-likeness (QED) is 0.262. The third kappa shape index (κ3) is 6.50. The van der Waals surface area contributed by atoms with Gasteiger partial charge < -0.3 is 29.2 Å². The van der Waals surface area contributed by atoms with Gasteiger partial charge in [0.2, 0.25) is 11.1 Å². The Balaban J connectivity index is 1.43. The average molecular weight is 614 g/mol. The number of hydrogen-bond donors (Lipinski definition) is 1. The van der Waals surface area contributed by atoms with Crippen molar-refractivity contribution in [1.82, 2.24) is 19.7 Å². The lowest BCUT2D eigenvalue weighted by Gasteiger charge is -2.28. The molecular formula is C29H32ClN5O6S. The summed E-state index contributed by atoms with van der Waals surface area (Å²) < 4.78 is 23.9. The first-order chi connectivity index (χ1) is 20.4. The summed E-state index contributed by atoms with van der Waals surface area (Å²) in [6.45, 7) is 5.76. The van der Waals surface area contributed by atoms with Crippen molar-refractivity contribution < 1.29 is 28.5 Å². The Morgan fingerprint density at radius 1 is 1.17 bits per heavy atom. The Morgan fingerprint density at radius 2 is 1.95 bits per heavy atom. The molecule has 1 unspecified atom stereocenters. The lowest BCUT2D eigenvalue weighted by atomic mass is 9.95. The number of aromatic nitrogens is 3. The lowest BCUT2D eigenvalue weighted by Crippen LogP contribution is -2.43. The highest BCUT2D eigenvalue weighted by molar-refractivity contribution is 7.98. The summed E-state index contributed by atoms with van der Waals surface area (Å²) in [4.78, 5) is 32.2. The van der Waals surface area contributed by atoms with Gasteiger partial charge in [0.1, 0.15) is 6.04 Å². The van der Waals surface area contributed by atoms with Crippen LogP contribution in [0.25, 0.3) is 0 Å². The van der Waals surface area contributed by atoms with Crippen molar-refractivity contribution in [2.45, 2.75) is 30.8 Å². The van der Waals surface area contributed by atoms with E-state index >= 15 is 0 Å². The minimum absolute atomic E-state index is 0.125. The summed E-state index contributed by atoms with van der Waals surface area (Å²) in [7, 11) is 1.52. The first kappa shape index (κ1) is 29.7. The number of ether oxygens (including phenoxy) is 4. The predicted octanol–water partition coefficient (Wildman–Crippen LogP) is 4.32. The van der Waals surface area contributed by atoms with Gasteiger partial charge in [0, 0.05) is 29.6 Å². The van der Waals surface area contributed by atoms with Gasteiger partial charge in [-0.05, 0) is 43.2 Å². The predicted molar refractivity (Wildman–Crippen MR) is 158 cm³/mol. The van der Waals surface area contributed by atoms with Crippen molar-refractivity contribution >= 4 is 41.2 Å². The van der Waals surface area contributed by atoms with Crippen LogP contribution >= 0.6 is 23.4 Å². The van der Waals surface area contributed by atoms with Crippen LogP contribution in [0.2, 0.25) is 5.02 Å². The standard InChI is InChI=1S/C29H32ClN5O6S/c1-4-40-27(37)25-18(2)31-28-32-29(42-17-20-7-5-6-8-21(20)30)33-35(28)26(25)19-9-10-22(23(15-19)38-3)41-16-24(36)34-11-13-39-14-12-34/h5-10,15,26H,4,11-14,16-17H2,1-3H3,(H,31,32,33). The summed E-state index contributed by atoms with van der Waals surface area (Å²) >= 11 is 7.78. The second kappa shape index (κ2) is 13.5. The van der Waals surface area contributed by atoms with Gasteiger partial charge >= 0.3 is 5.97 Å². The smallest absolute Gasteiger partial charge is 0.338 e. The molecule has 2 aromatic carbocycles. The Morgan fingerprint density at radius 3 is 2.69 bits per heavy atom. The molecule has 1 saturated heterocycles. The molecule has 0 spiro atoms. The Hall–Kier alpha value is -3.74. The number of halogens is 1. The van der Waals surface area contributed by atoms with Crippen molar-refractivity contribution in [1.29, 1.82) is 0 Å². The first-order valence-electron chi connectivity index (χ1n) is 13.5. The number of nitrogens with one attached hydrogen (secondary N) is 1. The Labute approximate surface area is 253 Å². The fourth-order valence-electron chi connectivity index (χ4n) is 4.75. The van der Waals surface area contributed by atoms with E-state index in [1.807, 2.05) is 30.3 Å². The first-order valence-corrected chi connectivity index (χ1v) is 14.9. The third-order valence-electron chi connectivity index (χ3n) is 6.86. The van der Waals surface area contributed by atoms with Crippen molar-refractivity contribution in [3.05, 3.63) is 69.9 Å². The molecule has 1 aromatic heterocycles. The summed E-state index contributed by atoms with van der Waals surface area (Å²) in [5, 5.41) is 9.16. The monoisotopic (exact) mass is 613 g/mol. The second-order valence-electron chi connectivity index (χ2n) is 9.52. The molecule has 0 bridgehead atoms. The number of anilines is 1. The third-order valence-corrected chi connectivity index (χ3v) is 8.12. The number of rotatable bonds is 10. The second-order valence-corrected chi connectivity index (χ2v) is 10.9. The van der Waals surface area contributed by atoms with E-state index in [2.05, 4.69) is 10.3 Å². The van der Waals surface area contributed by atoms with Crippen LogP contribution in [0.5, 0.6) is 11.5 Å². The number of allylic oxidation sites excluding steroid dienone is 1. The number of fused-ring (bicyclic) bond motifs is 1. The van der Waals surface area contributed by atoms with E-state index in [0.29, 0.717) is 76.5 Å². The maximum atomic E-state index is 13.2. The van der Waals surface area contributed by atoms with Crippen LogP contribution < -0.4 is 14.8 Å². The van der Waals surface area contributed by atoms with E-state index in [9.17, 15) is 9.59 Å². The number of morpholine rings is 1. The van der Waals surface area contributed by atoms with E-state index in [-0.39, 0.29) is 19.1 Å². The van der Waals surface area contributed by atoms with Crippen LogP contribution in [0.4, 0.5) is 5.95 Å². The van der Waals surface area contributed by atoms with Crippen LogP contribution in [-0.2, 0) is 24.8 Å². The van der Waals surface area contributed by atoms with Gasteiger partial charge in [0.05, 0.1) is 32.5 Å². The van der Waals surface area contributed by atoms with Gasteiger partial charge in [-0.15, -0.1) is 5.10 Å². The number of carbonyl (C=O) groups is 2. The number of methoxy groups -OCH3 is 1. The molecular weight excluding hydrogens is 582 g/mol. The largest absolute Gasteiger partial charge is 0.493 e. The molecule has 1 atom stereocenters. The maximum absolute atomic E-state index is 13.2. The fourth-order valence-corrected chi connectivity index (χ4v) is 5.86. The molecule has 222 valence electrons. The van der Waals surface area contributed by atoms with E-state index in [0.717, 1.165) is 5.56 Å². The summed E-state index contributed by atoms with van der Waals surface area (Å²) in [6.07, 6.45) is 0. The Kier molecular flexibility index (Phi) is 9.55. The fraction of sp³-hybridized carbons (Fsp3) is 0.379. The SMILES string of the molecule is CCOC(=O)C1=C(C)Nc2nc(SCc3ccccc3Cl)nn2C1c1ccc(OCC(=O)N2CCOCC2)c(OC)c1. The molecule has 0 saturated carbocycles. The van der Waals surface area contributed by atoms with E-state index in [1.54, 1.807) is 35.6 Å². The van der Waals surface area contributed by atoms with Crippen LogP contribution in [0.3, 0.4) is 0 Å². The molecule has 1 amide bonds. The van der Waals surface area contributed by atoms with Gasteiger partial charge in [-0.25, -0.2) is 9.48 Å². The van der Waals surface area contributed by atoms with Crippen molar-refractivity contribution in [3.8, 4) is 11.5 Å². The summed E-state index contributed by atoms with van der Waals surface area (Å²) in [6, 6.07) is 12.3. The minimum Gasteiger partial charge on any atom is -0.493 e. The number of carbonyl (C=O) groups excluding carboxylic acids is 2. The number of nitrogens with zero attached hydrogens (tertiary/aromatic N) is 4. The minimum atomic E-state index is -0.652. The number of benzene rings is 2. The lowest BCUT2D eigenvalue weighted by molar-refractivity contribution is -0.139. The maximum Gasteiger partial charge on any atom is 0.338 e. The highest BCUT2D eigenvalue weighted by atomic mass is 35.5. The van der Waals surface area contributed by atoms with Crippen molar-refractivity contribution in [3.63, 3.8) is 0 Å². The van der Waals surface area contributed by atoms with Crippen molar-refractivity contribution in [2.24, 2.45) is 0 Å². The van der Waals surface area contributed by atoms with Gasteiger partial charge in [-0.2, -0.15) is 4.98 Å². The zero-order valence-electron chi connectivity index (χ0n) is 23.6. The van der Waals surface area contributed by atoms with E-state index in [1.165, 1.54) is 18.9 Å². The highest BCUT2D eigenvalue weighted by Crippen LogP contribution is 2.40. The molecule has 5 rings (SSSR count). The van der Waals surface area contributed by atoms with Crippen LogP contribution in [0.1, 0.15) is 31.0 Å². The average Bonchev–Trinajstić information content (AvgIpc) is 3.41. The molecule has 1 fully saturated rings. The van der Waals surface area contributed by atoms with Crippen molar-refractivity contribution in [2.75, 3.05) is 51.9 Å². The van der Waals surface area contributed by atoms with Crippen LogP contribution in [0, 0.1) is 0 Å². The number of hydrogen-bond acceptors (Lipinski definition) is 10. The molecule has 3 aromatic rings. The van der Waals surface area contributed by atoms with Gasteiger partial charge in [0.25, 0.3) is 5.91 Å². The van der Waals surface area contributed by atoms with Crippen LogP contribution in [0.15, 0.2) is 58.9 Å². The van der Waals surface area contributed by atoms with Gasteiger partial charge in [0.15, 0.2) is 18.1 Å². The van der Waals surface area contributed by atoms with E-state index < -0.39 is 12.0 Å². The van der Waals surface area contributed by atoms with Crippen LogP contribution in [-0.4, -0.2) is 78.2 Å². The van der Waals surface area contributed by atoms with E-state index in [4.69, 9.17) is 35.6 Å². The molecule has 0 aliphatic carbocycles. The molecule has 2 aliphatic rings. The summed E-state index contributed by atoms with van der Waals surface area (Å²) in [5.74, 6) is 1.30. The molecule has 42 heavy (non-hydrogen) atoms. The molecule has 3 heterocycles. The zero-order valence-corrected chi connectivity index (χ0v) is 25.2.